The van der Waals surface area contributed by atoms with Crippen LogP contribution in [0.1, 0.15) is 25.8 Å². The highest BCUT2D eigenvalue weighted by atomic mass is 16.6. The van der Waals surface area contributed by atoms with Crippen molar-refractivity contribution in [2.45, 2.75) is 26.9 Å². The lowest BCUT2D eigenvalue weighted by Crippen LogP contribution is -2.17. The Morgan fingerprint density at radius 3 is 2.53 bits per heavy atom. The predicted octanol–water partition coefficient (Wildman–Crippen LogP) is 2.53. The van der Waals surface area contributed by atoms with Crippen molar-refractivity contribution in [3.63, 3.8) is 0 Å². The minimum absolute atomic E-state index is 0.308. The van der Waals surface area contributed by atoms with Crippen LogP contribution >= 0.6 is 0 Å². The van der Waals surface area contributed by atoms with Crippen molar-refractivity contribution in [1.82, 2.24) is 0 Å². The van der Waals surface area contributed by atoms with E-state index in [9.17, 15) is 4.79 Å². The van der Waals surface area contributed by atoms with Crippen molar-refractivity contribution < 1.29 is 14.4 Å². The first-order valence-electron chi connectivity index (χ1n) is 5.67. The van der Waals surface area contributed by atoms with Crippen molar-refractivity contribution >= 4 is 11.7 Å². The molecule has 0 saturated heterocycles. The third kappa shape index (κ3) is 4.68. The Morgan fingerprint density at radius 2 is 1.94 bits per heavy atom. The highest BCUT2D eigenvalue weighted by Crippen LogP contribution is 2.01. The molecule has 1 rings (SSSR count). The smallest absolute Gasteiger partial charge is 0.356 e. The molecule has 4 nitrogen and oxygen atoms in total. The number of oxime groups is 1. The molecular formula is C13H17NO3. The molecule has 0 atom stereocenters. The monoisotopic (exact) mass is 235 g/mol. The normalized spacial score (nSPS) is 11.1. The molecule has 4 heteroatoms. The molecule has 0 aliphatic heterocycles. The maximum absolute atomic E-state index is 11.4. The van der Waals surface area contributed by atoms with Gasteiger partial charge >= 0.3 is 5.97 Å². The van der Waals surface area contributed by atoms with Gasteiger partial charge in [0.25, 0.3) is 0 Å². The van der Waals surface area contributed by atoms with Gasteiger partial charge < -0.3 is 9.57 Å². The summed E-state index contributed by atoms with van der Waals surface area (Å²) in [6.45, 7) is 4.29. The summed E-state index contributed by atoms with van der Waals surface area (Å²) < 4.78 is 4.85. The zero-order valence-corrected chi connectivity index (χ0v) is 10.2. The van der Waals surface area contributed by atoms with Gasteiger partial charge in [-0.3, -0.25) is 0 Å². The maximum Gasteiger partial charge on any atom is 0.356 e. The fourth-order valence-electron chi connectivity index (χ4n) is 1.22. The predicted molar refractivity (Wildman–Crippen MR) is 65.6 cm³/mol. The Morgan fingerprint density at radius 1 is 1.24 bits per heavy atom. The molecule has 0 spiro atoms. The molecule has 0 aromatic heterocycles. The zero-order valence-electron chi connectivity index (χ0n) is 10.2. The molecule has 0 heterocycles. The van der Waals surface area contributed by atoms with Gasteiger partial charge in [-0.25, -0.2) is 4.79 Å². The summed E-state index contributed by atoms with van der Waals surface area (Å²) in [6.07, 6.45) is 0.494. The SMILES string of the molecule is CCOC(=O)/C(CC)=N/OCc1ccccc1. The van der Waals surface area contributed by atoms with Gasteiger partial charge in [0, 0.05) is 0 Å². The molecule has 0 N–H and O–H groups in total. The second-order valence-electron chi connectivity index (χ2n) is 3.37. The molecule has 0 saturated carbocycles. The minimum atomic E-state index is -0.414. The van der Waals surface area contributed by atoms with Gasteiger partial charge in [-0.05, 0) is 18.9 Å². The van der Waals surface area contributed by atoms with Crippen molar-refractivity contribution in [3.8, 4) is 0 Å². The Bertz CT molecular complexity index is 374. The highest BCUT2D eigenvalue weighted by Gasteiger charge is 2.10. The molecule has 0 radical (unpaired) electrons. The quantitative estimate of drug-likeness (QED) is 0.432. The number of hydrogen-bond donors (Lipinski definition) is 0. The standard InChI is InChI=1S/C13H17NO3/c1-3-12(13(15)16-4-2)14-17-10-11-8-6-5-7-9-11/h5-9H,3-4,10H2,1-2H3/b14-12+. The molecule has 1 aromatic rings. The first-order valence-corrected chi connectivity index (χ1v) is 5.67. The molecule has 0 aliphatic rings. The van der Waals surface area contributed by atoms with Crippen LogP contribution < -0.4 is 0 Å². The van der Waals surface area contributed by atoms with Gasteiger partial charge in [0.2, 0.25) is 0 Å². The summed E-state index contributed by atoms with van der Waals surface area (Å²) in [5, 5.41) is 3.80. The van der Waals surface area contributed by atoms with E-state index in [2.05, 4.69) is 5.16 Å². The van der Waals surface area contributed by atoms with Crippen LogP contribution in [-0.4, -0.2) is 18.3 Å². The summed E-state index contributed by atoms with van der Waals surface area (Å²) in [4.78, 5) is 16.5. The van der Waals surface area contributed by atoms with Crippen LogP contribution in [0.2, 0.25) is 0 Å². The van der Waals surface area contributed by atoms with Crippen molar-refractivity contribution in [2.75, 3.05) is 6.61 Å². The Labute approximate surface area is 101 Å². The summed E-state index contributed by atoms with van der Waals surface area (Å²) in [6, 6.07) is 9.66. The average Bonchev–Trinajstić information content (AvgIpc) is 2.36. The van der Waals surface area contributed by atoms with Gasteiger partial charge in [-0.15, -0.1) is 0 Å². The molecular weight excluding hydrogens is 218 g/mol. The number of hydrogen-bond acceptors (Lipinski definition) is 4. The highest BCUT2D eigenvalue weighted by molar-refractivity contribution is 6.36. The van der Waals surface area contributed by atoms with Crippen LogP contribution in [0.25, 0.3) is 0 Å². The Hall–Kier alpha value is -1.84. The van der Waals surface area contributed by atoms with Gasteiger partial charge in [-0.2, -0.15) is 0 Å². The second kappa shape index (κ2) is 7.44. The fourth-order valence-corrected chi connectivity index (χ4v) is 1.22. The maximum atomic E-state index is 11.4. The van der Waals surface area contributed by atoms with Crippen molar-refractivity contribution in [3.05, 3.63) is 35.9 Å². The average molecular weight is 235 g/mol. The van der Waals surface area contributed by atoms with Gasteiger partial charge in [0.1, 0.15) is 6.61 Å². The lowest BCUT2D eigenvalue weighted by Gasteiger charge is -2.04. The lowest BCUT2D eigenvalue weighted by atomic mass is 10.2. The summed E-state index contributed by atoms with van der Waals surface area (Å²) >= 11 is 0. The van der Waals surface area contributed by atoms with Gasteiger partial charge in [-0.1, -0.05) is 42.4 Å². The topological polar surface area (TPSA) is 47.9 Å². The largest absolute Gasteiger partial charge is 0.461 e. The van der Waals surface area contributed by atoms with Crippen LogP contribution in [0.5, 0.6) is 0 Å². The summed E-state index contributed by atoms with van der Waals surface area (Å²) in [5.41, 5.74) is 1.32. The van der Waals surface area contributed by atoms with Crippen molar-refractivity contribution in [2.24, 2.45) is 5.16 Å². The van der Waals surface area contributed by atoms with E-state index in [1.165, 1.54) is 0 Å². The minimum Gasteiger partial charge on any atom is -0.461 e. The number of rotatable bonds is 6. The van der Waals surface area contributed by atoms with E-state index in [-0.39, 0.29) is 0 Å². The van der Waals surface area contributed by atoms with Crippen LogP contribution in [0.15, 0.2) is 35.5 Å². The molecule has 0 aliphatic carbocycles. The number of carbonyl (C=O) groups is 1. The first kappa shape index (κ1) is 13.2. The molecule has 1 aromatic carbocycles. The second-order valence-corrected chi connectivity index (χ2v) is 3.37. The number of benzene rings is 1. The number of esters is 1. The number of carbonyl (C=O) groups excluding carboxylic acids is 1. The Balaban J connectivity index is 2.48. The van der Waals surface area contributed by atoms with Crippen LogP contribution in [0.4, 0.5) is 0 Å². The number of nitrogens with zero attached hydrogens (tertiary/aromatic N) is 1. The third-order valence-electron chi connectivity index (χ3n) is 2.09. The van der Waals surface area contributed by atoms with Gasteiger partial charge in [0.05, 0.1) is 6.61 Å². The molecule has 0 fully saturated rings. The van der Waals surface area contributed by atoms with Gasteiger partial charge in [0.15, 0.2) is 5.71 Å². The first-order chi connectivity index (χ1) is 8.27. The van der Waals surface area contributed by atoms with E-state index >= 15 is 0 Å². The van der Waals surface area contributed by atoms with Crippen LogP contribution in [0.3, 0.4) is 0 Å². The number of ether oxygens (including phenoxy) is 1. The van der Waals surface area contributed by atoms with Crippen LogP contribution in [-0.2, 0) is 21.0 Å². The van der Waals surface area contributed by atoms with E-state index in [1.54, 1.807) is 6.92 Å². The molecule has 0 unspecified atom stereocenters. The summed E-state index contributed by atoms with van der Waals surface area (Å²) in [5.74, 6) is -0.414. The molecule has 92 valence electrons. The van der Waals surface area contributed by atoms with E-state index in [0.717, 1.165) is 5.56 Å². The van der Waals surface area contributed by atoms with E-state index in [4.69, 9.17) is 9.57 Å². The van der Waals surface area contributed by atoms with Crippen molar-refractivity contribution in [1.29, 1.82) is 0 Å². The third-order valence-corrected chi connectivity index (χ3v) is 2.09. The molecule has 17 heavy (non-hydrogen) atoms. The fraction of sp³-hybridized carbons (Fsp3) is 0.385. The van der Waals surface area contributed by atoms with Crippen LogP contribution in [0, 0.1) is 0 Å². The zero-order chi connectivity index (χ0) is 12.5. The molecule has 0 amide bonds. The summed E-state index contributed by atoms with van der Waals surface area (Å²) in [7, 11) is 0. The lowest BCUT2D eigenvalue weighted by molar-refractivity contribution is -0.135. The van der Waals surface area contributed by atoms with E-state index in [0.29, 0.717) is 25.3 Å². The molecule has 0 bridgehead atoms. The Kier molecular flexibility index (Phi) is 5.79. The van der Waals surface area contributed by atoms with E-state index in [1.807, 2.05) is 37.3 Å². The van der Waals surface area contributed by atoms with E-state index < -0.39 is 5.97 Å².